The molecule has 0 radical (unpaired) electrons. The summed E-state index contributed by atoms with van der Waals surface area (Å²) in [6.45, 7) is 7.26. The van der Waals surface area contributed by atoms with E-state index in [1.165, 1.54) is 0 Å². The zero-order valence-corrected chi connectivity index (χ0v) is 7.72. The van der Waals surface area contributed by atoms with Crippen LogP contribution in [0.5, 0.6) is 0 Å². The van der Waals surface area contributed by atoms with Crippen molar-refractivity contribution in [2.24, 2.45) is 16.7 Å². The van der Waals surface area contributed by atoms with Crippen LogP contribution in [0.3, 0.4) is 0 Å². The Labute approximate surface area is 72.2 Å². The second kappa shape index (κ2) is 1.84. The molecule has 2 N–H and O–H groups in total. The Morgan fingerprint density at radius 2 is 2.08 bits per heavy atom. The van der Waals surface area contributed by atoms with Gasteiger partial charge in [0.2, 0.25) is 0 Å². The molecule has 0 unspecified atom stereocenters. The molecule has 3 atom stereocenters. The first kappa shape index (κ1) is 8.05. The number of carbonyl (C=O) groups is 1. The largest absolute Gasteiger partial charge is 0.480 e. The number of fused-ring (bicyclic) bond motifs is 1. The van der Waals surface area contributed by atoms with Gasteiger partial charge in [-0.2, -0.15) is 0 Å². The zero-order valence-electron chi connectivity index (χ0n) is 7.72. The maximum Gasteiger partial charge on any atom is 0.321 e. The van der Waals surface area contributed by atoms with E-state index in [2.05, 4.69) is 26.1 Å². The number of hydrogen-bond donors (Lipinski definition) is 2. The lowest BCUT2D eigenvalue weighted by atomic mass is 9.90. The summed E-state index contributed by atoms with van der Waals surface area (Å²) in [6.07, 6.45) is 0. The summed E-state index contributed by atoms with van der Waals surface area (Å²) in [5.74, 6) is -0.156. The van der Waals surface area contributed by atoms with Gasteiger partial charge in [-0.1, -0.05) is 20.8 Å². The molecule has 1 saturated carbocycles. The summed E-state index contributed by atoms with van der Waals surface area (Å²) in [5, 5.41) is 12.0. The quantitative estimate of drug-likeness (QED) is 0.607. The van der Waals surface area contributed by atoms with E-state index in [9.17, 15) is 4.79 Å². The van der Waals surface area contributed by atoms with E-state index in [-0.39, 0.29) is 16.9 Å². The van der Waals surface area contributed by atoms with E-state index in [0.717, 1.165) is 6.54 Å². The highest BCUT2D eigenvalue weighted by Crippen LogP contribution is 2.72. The summed E-state index contributed by atoms with van der Waals surface area (Å²) in [4.78, 5) is 10.9. The fourth-order valence-corrected chi connectivity index (χ4v) is 2.97. The number of aliphatic carboxylic acids is 1. The molecule has 2 fully saturated rings. The number of carboxylic acid groups (broad SMARTS) is 1. The van der Waals surface area contributed by atoms with Crippen LogP contribution in [0.2, 0.25) is 0 Å². The molecule has 3 nitrogen and oxygen atoms in total. The van der Waals surface area contributed by atoms with Crippen molar-refractivity contribution >= 4 is 5.97 Å². The van der Waals surface area contributed by atoms with Crippen molar-refractivity contribution in [3.8, 4) is 0 Å². The maximum absolute atomic E-state index is 10.9. The molecule has 12 heavy (non-hydrogen) atoms. The number of nitrogens with one attached hydrogen (secondary N) is 1. The van der Waals surface area contributed by atoms with Gasteiger partial charge < -0.3 is 10.4 Å². The summed E-state index contributed by atoms with van der Waals surface area (Å²) < 4.78 is 0. The normalized spacial score (nSPS) is 48.6. The first-order valence-electron chi connectivity index (χ1n) is 4.38. The van der Waals surface area contributed by atoms with Gasteiger partial charge in [-0.15, -0.1) is 0 Å². The molecule has 0 aromatic rings. The Morgan fingerprint density at radius 3 is 2.33 bits per heavy atom. The van der Waals surface area contributed by atoms with Crippen LogP contribution < -0.4 is 5.32 Å². The smallest absolute Gasteiger partial charge is 0.321 e. The summed E-state index contributed by atoms with van der Waals surface area (Å²) in [6, 6.07) is -0.336. The first-order valence-corrected chi connectivity index (χ1v) is 4.38. The minimum absolute atomic E-state index is 0.0150. The molecule has 0 aromatic carbocycles. The van der Waals surface area contributed by atoms with Crippen molar-refractivity contribution in [2.45, 2.75) is 26.8 Å². The molecule has 3 heteroatoms. The molecule has 0 amide bonds. The van der Waals surface area contributed by atoms with Crippen LogP contribution in [0.25, 0.3) is 0 Å². The Balaban J connectivity index is 2.28. The molecule has 1 aliphatic heterocycles. The first-order chi connectivity index (χ1) is 5.42. The lowest BCUT2D eigenvalue weighted by Gasteiger charge is -2.21. The average Bonchev–Trinajstić information content (AvgIpc) is 2.31. The lowest BCUT2D eigenvalue weighted by molar-refractivity contribution is -0.141. The van der Waals surface area contributed by atoms with Gasteiger partial charge in [-0.05, 0) is 17.9 Å². The predicted molar refractivity (Wildman–Crippen MR) is 44.8 cm³/mol. The van der Waals surface area contributed by atoms with E-state index in [4.69, 9.17) is 5.11 Å². The summed E-state index contributed by atoms with van der Waals surface area (Å²) in [5.41, 5.74) is 0.195. The van der Waals surface area contributed by atoms with E-state index >= 15 is 0 Å². The number of hydrogen-bond acceptors (Lipinski definition) is 2. The third kappa shape index (κ3) is 0.600. The number of rotatable bonds is 1. The molecule has 0 bridgehead atoms. The third-order valence-electron chi connectivity index (χ3n) is 4.27. The number of piperidine rings is 1. The highest BCUT2D eigenvalue weighted by molar-refractivity contribution is 5.77. The molecule has 0 aromatic heterocycles. The monoisotopic (exact) mass is 169 g/mol. The lowest BCUT2D eigenvalue weighted by Crippen LogP contribution is -2.41. The van der Waals surface area contributed by atoms with E-state index in [1.807, 2.05) is 0 Å². The highest BCUT2D eigenvalue weighted by atomic mass is 16.4. The van der Waals surface area contributed by atoms with Gasteiger partial charge in [0.1, 0.15) is 6.04 Å². The van der Waals surface area contributed by atoms with Gasteiger partial charge in [-0.3, -0.25) is 4.79 Å². The van der Waals surface area contributed by atoms with Crippen LogP contribution in [0, 0.1) is 16.7 Å². The fourth-order valence-electron chi connectivity index (χ4n) is 2.97. The van der Waals surface area contributed by atoms with Gasteiger partial charge in [0, 0.05) is 5.41 Å². The SMILES string of the molecule is CC1(C)[C@@H]2CN[C@H](C(=O)O)[C@]21C. The Kier molecular flexibility index (Phi) is 1.24. The van der Waals surface area contributed by atoms with Gasteiger partial charge in [0.15, 0.2) is 0 Å². The topological polar surface area (TPSA) is 49.3 Å². The molecule has 0 spiro atoms. The molecule has 1 aliphatic carbocycles. The molecular weight excluding hydrogens is 154 g/mol. The van der Waals surface area contributed by atoms with Gasteiger partial charge in [0.05, 0.1) is 0 Å². The molecule has 2 rings (SSSR count). The minimum Gasteiger partial charge on any atom is -0.480 e. The van der Waals surface area contributed by atoms with E-state index in [1.54, 1.807) is 0 Å². The Morgan fingerprint density at radius 1 is 1.50 bits per heavy atom. The predicted octanol–water partition coefficient (Wildman–Crippen LogP) is 0.705. The van der Waals surface area contributed by atoms with Crippen LogP contribution in [-0.4, -0.2) is 23.7 Å². The van der Waals surface area contributed by atoms with Crippen molar-refractivity contribution in [1.29, 1.82) is 0 Å². The average molecular weight is 169 g/mol. The van der Waals surface area contributed by atoms with Crippen molar-refractivity contribution in [3.63, 3.8) is 0 Å². The molecule has 68 valence electrons. The Bertz CT molecular complexity index is 249. The van der Waals surface area contributed by atoms with Gasteiger partial charge >= 0.3 is 5.97 Å². The van der Waals surface area contributed by atoms with Crippen LogP contribution >= 0.6 is 0 Å². The second-order valence-corrected chi connectivity index (χ2v) is 4.74. The van der Waals surface area contributed by atoms with E-state index in [0.29, 0.717) is 5.92 Å². The molecule has 2 aliphatic rings. The molecular formula is C9H15NO2. The Hall–Kier alpha value is -0.570. The summed E-state index contributed by atoms with van der Waals surface area (Å²) in [7, 11) is 0. The van der Waals surface area contributed by atoms with Gasteiger partial charge in [0.25, 0.3) is 0 Å². The van der Waals surface area contributed by atoms with E-state index < -0.39 is 5.97 Å². The van der Waals surface area contributed by atoms with Crippen molar-refractivity contribution in [3.05, 3.63) is 0 Å². The minimum atomic E-state index is -0.703. The summed E-state index contributed by atoms with van der Waals surface area (Å²) >= 11 is 0. The highest BCUT2D eigenvalue weighted by Gasteiger charge is 2.75. The second-order valence-electron chi connectivity index (χ2n) is 4.74. The fraction of sp³-hybridized carbons (Fsp3) is 0.889. The maximum atomic E-state index is 10.9. The van der Waals surface area contributed by atoms with Crippen LogP contribution in [0.1, 0.15) is 20.8 Å². The van der Waals surface area contributed by atoms with Crippen LogP contribution in [-0.2, 0) is 4.79 Å². The zero-order chi connectivity index (χ0) is 9.15. The van der Waals surface area contributed by atoms with Crippen LogP contribution in [0.15, 0.2) is 0 Å². The van der Waals surface area contributed by atoms with Crippen LogP contribution in [0.4, 0.5) is 0 Å². The van der Waals surface area contributed by atoms with Crippen molar-refractivity contribution in [1.82, 2.24) is 5.32 Å². The molecule has 1 heterocycles. The molecule has 1 saturated heterocycles. The number of carboxylic acids is 1. The standard InChI is InChI=1S/C9H15NO2/c1-8(2)5-4-10-6(7(11)12)9(5,8)3/h5-6,10H,4H2,1-3H3,(H,11,12)/t5-,6+,9-/m0/s1. The van der Waals surface area contributed by atoms with Gasteiger partial charge in [-0.25, -0.2) is 0 Å². The third-order valence-corrected chi connectivity index (χ3v) is 4.27. The van der Waals surface area contributed by atoms with Crippen molar-refractivity contribution < 1.29 is 9.90 Å². The van der Waals surface area contributed by atoms with Crippen molar-refractivity contribution in [2.75, 3.05) is 6.54 Å².